The number of alkyl carbamates (subject to hydrolysis) is 1. The van der Waals surface area contributed by atoms with Crippen LogP contribution in [0.2, 0.25) is 0 Å². The van der Waals surface area contributed by atoms with Crippen molar-refractivity contribution in [1.29, 1.82) is 0 Å². The van der Waals surface area contributed by atoms with Gasteiger partial charge >= 0.3 is 6.09 Å². The second kappa shape index (κ2) is 39.4. The van der Waals surface area contributed by atoms with Gasteiger partial charge in [-0.25, -0.2) is 4.79 Å². The Hall–Kier alpha value is -2.43. The first-order valence-corrected chi connectivity index (χ1v) is 17.1. The average molecular weight is 718 g/mol. The van der Waals surface area contributed by atoms with E-state index in [4.69, 9.17) is 68.0 Å². The zero-order chi connectivity index (χ0) is 35.7. The van der Waals surface area contributed by atoms with Gasteiger partial charge in [0.2, 0.25) is 0 Å². The number of hydrogen-bond acceptors (Lipinski definition) is 14. The molecule has 15 nitrogen and oxygen atoms in total. The van der Waals surface area contributed by atoms with Crippen LogP contribution in [0, 0.1) is 12.3 Å². The number of rotatable bonds is 39. The molecule has 0 aliphatic carbocycles. The number of carbonyl (C=O) groups is 1. The Balaban J connectivity index is 1.63. The number of hydrogen-bond donors (Lipinski definition) is 1. The molecule has 50 heavy (non-hydrogen) atoms. The van der Waals surface area contributed by atoms with Gasteiger partial charge < -0.3 is 66.9 Å². The molecule has 0 spiro atoms. The van der Waals surface area contributed by atoms with Gasteiger partial charge in [-0.3, -0.25) is 0 Å². The van der Waals surface area contributed by atoms with E-state index < -0.39 is 6.09 Å². The summed E-state index contributed by atoms with van der Waals surface area (Å²) in [6.07, 6.45) is 4.61. The lowest BCUT2D eigenvalue weighted by Crippen LogP contribution is -2.28. The van der Waals surface area contributed by atoms with Crippen molar-refractivity contribution in [3.05, 3.63) is 35.9 Å². The Bertz CT molecular complexity index is 877. The molecule has 1 amide bonds. The first kappa shape index (κ1) is 45.6. The highest BCUT2D eigenvalue weighted by molar-refractivity contribution is 5.67. The molecule has 0 aromatic heterocycles. The van der Waals surface area contributed by atoms with E-state index in [1.54, 1.807) is 0 Å². The summed E-state index contributed by atoms with van der Waals surface area (Å²) in [6.45, 7) is 12.0. The third-order valence-electron chi connectivity index (χ3n) is 6.01. The molecule has 0 aliphatic rings. The largest absolute Gasteiger partial charge is 0.445 e. The minimum atomic E-state index is -0.471. The van der Waals surface area contributed by atoms with Crippen LogP contribution in [0.3, 0.4) is 0 Å². The lowest BCUT2D eigenvalue weighted by atomic mass is 10.2. The molecule has 0 atom stereocenters. The van der Waals surface area contributed by atoms with Gasteiger partial charge in [0.1, 0.15) is 13.2 Å². The Kier molecular flexibility index (Phi) is 35.9. The van der Waals surface area contributed by atoms with Crippen molar-refractivity contribution in [2.24, 2.45) is 0 Å². The van der Waals surface area contributed by atoms with Crippen LogP contribution in [0.4, 0.5) is 4.79 Å². The molecule has 288 valence electrons. The molecule has 1 aromatic carbocycles. The van der Waals surface area contributed by atoms with Crippen molar-refractivity contribution in [1.82, 2.24) is 5.32 Å². The predicted molar refractivity (Wildman–Crippen MR) is 183 cm³/mol. The van der Waals surface area contributed by atoms with Crippen molar-refractivity contribution < 1.29 is 66.4 Å². The van der Waals surface area contributed by atoms with Gasteiger partial charge in [-0.1, -0.05) is 36.3 Å². The van der Waals surface area contributed by atoms with Crippen molar-refractivity contribution >= 4 is 6.09 Å². The summed E-state index contributed by atoms with van der Waals surface area (Å²) < 4.78 is 70.1. The van der Waals surface area contributed by atoms with Gasteiger partial charge in [0.25, 0.3) is 0 Å². The quantitative estimate of drug-likeness (QED) is 0.0779. The lowest BCUT2D eigenvalue weighted by Gasteiger charge is -2.09. The van der Waals surface area contributed by atoms with Crippen LogP contribution in [0.5, 0.6) is 0 Å². The molecule has 0 fully saturated rings. The number of benzene rings is 1. The zero-order valence-electron chi connectivity index (χ0n) is 29.6. The summed E-state index contributed by atoms with van der Waals surface area (Å²) in [4.78, 5) is 11.6. The second-order valence-corrected chi connectivity index (χ2v) is 9.98. The maximum absolute atomic E-state index is 11.6. The fourth-order valence-corrected chi connectivity index (χ4v) is 3.55. The molecule has 1 rings (SSSR count). The van der Waals surface area contributed by atoms with E-state index in [-0.39, 0.29) is 6.61 Å². The first-order valence-electron chi connectivity index (χ1n) is 17.1. The second-order valence-electron chi connectivity index (χ2n) is 9.98. The molecule has 0 radical (unpaired) electrons. The number of nitrogens with one attached hydrogen (secondary N) is 1. The summed E-state index contributed by atoms with van der Waals surface area (Å²) in [5.74, 6) is 2.40. The molecule has 0 aliphatic heterocycles. The molecule has 0 saturated heterocycles. The summed E-state index contributed by atoms with van der Waals surface area (Å²) in [5.41, 5.74) is 0.936. The van der Waals surface area contributed by atoms with Gasteiger partial charge in [-0.15, -0.1) is 6.42 Å². The van der Waals surface area contributed by atoms with Crippen LogP contribution < -0.4 is 5.32 Å². The predicted octanol–water partition coefficient (Wildman–Crippen LogP) is 1.75. The number of ether oxygens (including phenoxy) is 13. The minimum Gasteiger partial charge on any atom is -0.445 e. The van der Waals surface area contributed by atoms with Gasteiger partial charge in [0, 0.05) is 6.54 Å². The smallest absolute Gasteiger partial charge is 0.407 e. The summed E-state index contributed by atoms with van der Waals surface area (Å²) in [6, 6.07) is 9.50. The van der Waals surface area contributed by atoms with Crippen molar-refractivity contribution in [2.75, 3.05) is 165 Å². The van der Waals surface area contributed by atoms with Crippen molar-refractivity contribution in [3.63, 3.8) is 0 Å². The summed E-state index contributed by atoms with van der Waals surface area (Å²) >= 11 is 0. The van der Waals surface area contributed by atoms with E-state index in [2.05, 4.69) is 11.2 Å². The van der Waals surface area contributed by atoms with Crippen LogP contribution in [0.25, 0.3) is 0 Å². The normalized spacial score (nSPS) is 11.1. The van der Waals surface area contributed by atoms with Gasteiger partial charge in [-0.05, 0) is 5.56 Å². The molecule has 15 heteroatoms. The maximum Gasteiger partial charge on any atom is 0.407 e. The van der Waals surface area contributed by atoms with Gasteiger partial charge in [-0.2, -0.15) is 0 Å². The van der Waals surface area contributed by atoms with E-state index in [1.807, 2.05) is 30.3 Å². The van der Waals surface area contributed by atoms with Crippen LogP contribution in [0.15, 0.2) is 30.3 Å². The first-order chi connectivity index (χ1) is 24.8. The fourth-order valence-electron chi connectivity index (χ4n) is 3.55. The highest BCUT2D eigenvalue weighted by Gasteiger charge is 2.02. The maximum atomic E-state index is 11.6. The van der Waals surface area contributed by atoms with Gasteiger partial charge in [0.05, 0.1) is 152 Å². The van der Waals surface area contributed by atoms with E-state index in [0.717, 1.165) is 5.56 Å². The van der Waals surface area contributed by atoms with E-state index in [1.165, 1.54) is 0 Å². The van der Waals surface area contributed by atoms with E-state index >= 15 is 0 Å². The number of carbonyl (C=O) groups excluding carboxylic acids is 1. The van der Waals surface area contributed by atoms with Gasteiger partial charge in [0.15, 0.2) is 0 Å². The molecule has 1 aromatic rings. The van der Waals surface area contributed by atoms with Crippen LogP contribution in [-0.4, -0.2) is 171 Å². The summed E-state index contributed by atoms with van der Waals surface area (Å²) in [7, 11) is 0. The Morgan fingerprint density at radius 2 is 0.760 bits per heavy atom. The summed E-state index contributed by atoms with van der Waals surface area (Å²) in [5, 5.41) is 2.64. The van der Waals surface area contributed by atoms with Crippen LogP contribution in [0.1, 0.15) is 5.56 Å². The van der Waals surface area contributed by atoms with Crippen molar-refractivity contribution in [3.8, 4) is 12.3 Å². The van der Waals surface area contributed by atoms with Crippen LogP contribution in [-0.2, 0) is 68.2 Å². The Labute approximate surface area is 297 Å². The molecule has 0 heterocycles. The highest BCUT2D eigenvalue weighted by atomic mass is 16.6. The van der Waals surface area contributed by atoms with E-state index in [0.29, 0.717) is 165 Å². The minimum absolute atomic E-state index is 0.236. The van der Waals surface area contributed by atoms with Crippen molar-refractivity contribution in [2.45, 2.75) is 6.61 Å². The molecule has 0 saturated carbocycles. The number of terminal acetylenes is 1. The molecule has 0 unspecified atom stereocenters. The number of amides is 1. The Morgan fingerprint density at radius 1 is 0.460 bits per heavy atom. The fraction of sp³-hybridized carbons (Fsp3) is 0.743. The average Bonchev–Trinajstić information content (AvgIpc) is 3.14. The molecule has 0 bridgehead atoms. The molecular formula is C35H59NO14. The monoisotopic (exact) mass is 717 g/mol. The zero-order valence-corrected chi connectivity index (χ0v) is 29.6. The van der Waals surface area contributed by atoms with E-state index in [9.17, 15) is 4.79 Å². The third-order valence-corrected chi connectivity index (χ3v) is 6.01. The standard InChI is InChI=1S/C35H59NO14/c1-2-9-38-11-13-40-15-17-42-19-21-44-23-25-46-27-29-48-31-32-49-30-28-47-26-24-45-22-20-43-18-16-41-14-12-39-10-8-36-35(37)50-33-34-6-4-3-5-7-34/h1,3-7H,8-33H2,(H,36,37). The third kappa shape index (κ3) is 35.4. The SMILES string of the molecule is C#CCOCCOCCOCCOCCOCCOCCOCCOCCOCCOCCOCCOCCNC(=O)OCc1ccccc1. The lowest BCUT2D eigenvalue weighted by molar-refractivity contribution is -0.0281. The Morgan fingerprint density at radius 3 is 1.08 bits per heavy atom. The van der Waals surface area contributed by atoms with Crippen LogP contribution >= 0.6 is 0 Å². The molecule has 1 N–H and O–H groups in total. The highest BCUT2D eigenvalue weighted by Crippen LogP contribution is 2.00. The molecular weight excluding hydrogens is 658 g/mol. The topological polar surface area (TPSA) is 149 Å².